The van der Waals surface area contributed by atoms with Crippen LogP contribution in [-0.4, -0.2) is 7.11 Å². The highest BCUT2D eigenvalue weighted by Crippen LogP contribution is 2.35. The maximum absolute atomic E-state index is 13.7. The summed E-state index contributed by atoms with van der Waals surface area (Å²) in [7, 11) is 1.41. The normalized spacial score (nSPS) is 12.3. The number of methoxy groups -OCH3 is 1. The molecule has 0 bridgehead atoms. The lowest BCUT2D eigenvalue weighted by Crippen LogP contribution is -2.01. The third kappa shape index (κ3) is 2.78. The van der Waals surface area contributed by atoms with Crippen LogP contribution in [0.15, 0.2) is 30.3 Å². The zero-order valence-electron chi connectivity index (χ0n) is 11.5. The molecule has 0 aromatic heterocycles. The van der Waals surface area contributed by atoms with Crippen molar-refractivity contribution in [2.75, 3.05) is 7.11 Å². The predicted octanol–water partition coefficient (Wildman–Crippen LogP) is 4.92. The lowest BCUT2D eigenvalue weighted by molar-refractivity contribution is 0.386. The van der Waals surface area contributed by atoms with E-state index in [1.54, 1.807) is 19.9 Å². The van der Waals surface area contributed by atoms with E-state index < -0.39 is 11.2 Å². The van der Waals surface area contributed by atoms with Gasteiger partial charge in [-0.15, -0.1) is 11.6 Å². The standard InChI is InChI=1S/C16H15ClF2O/c1-9-6-12(18)7-10(2)15(9)16(17)11-4-5-14(20-3)13(19)8-11/h4-8,16H,1-3H3. The summed E-state index contributed by atoms with van der Waals surface area (Å²) in [5, 5.41) is -0.531. The molecule has 0 aliphatic heterocycles. The molecule has 20 heavy (non-hydrogen) atoms. The first-order chi connectivity index (χ1) is 9.43. The van der Waals surface area contributed by atoms with Crippen molar-refractivity contribution < 1.29 is 13.5 Å². The third-order valence-electron chi connectivity index (χ3n) is 3.28. The zero-order chi connectivity index (χ0) is 14.9. The Morgan fingerprint density at radius 1 is 1.05 bits per heavy atom. The second-order valence-electron chi connectivity index (χ2n) is 4.71. The van der Waals surface area contributed by atoms with Gasteiger partial charge in [-0.25, -0.2) is 8.78 Å². The van der Waals surface area contributed by atoms with Crippen LogP contribution in [0.2, 0.25) is 0 Å². The van der Waals surface area contributed by atoms with Crippen molar-refractivity contribution in [2.24, 2.45) is 0 Å². The number of halogens is 3. The minimum absolute atomic E-state index is 0.171. The van der Waals surface area contributed by atoms with Crippen molar-refractivity contribution in [3.05, 3.63) is 64.2 Å². The lowest BCUT2D eigenvalue weighted by atomic mass is 9.95. The van der Waals surface area contributed by atoms with Crippen molar-refractivity contribution in [1.82, 2.24) is 0 Å². The summed E-state index contributed by atoms with van der Waals surface area (Å²) in [6, 6.07) is 7.45. The van der Waals surface area contributed by atoms with Crippen LogP contribution in [0.1, 0.15) is 27.6 Å². The Morgan fingerprint density at radius 3 is 2.15 bits per heavy atom. The molecule has 1 nitrogen and oxygen atoms in total. The number of ether oxygens (including phenoxy) is 1. The minimum atomic E-state index is -0.531. The Kier molecular flexibility index (Phi) is 4.29. The topological polar surface area (TPSA) is 9.23 Å². The Balaban J connectivity index is 2.46. The van der Waals surface area contributed by atoms with Gasteiger partial charge in [0.15, 0.2) is 11.6 Å². The quantitative estimate of drug-likeness (QED) is 0.731. The molecule has 1 unspecified atom stereocenters. The van der Waals surface area contributed by atoms with Crippen LogP contribution in [0.5, 0.6) is 5.75 Å². The number of benzene rings is 2. The van der Waals surface area contributed by atoms with Crippen molar-refractivity contribution >= 4 is 11.6 Å². The van der Waals surface area contributed by atoms with E-state index in [0.717, 1.165) is 16.7 Å². The number of hydrogen-bond donors (Lipinski definition) is 0. The molecule has 0 saturated heterocycles. The molecule has 2 aromatic rings. The van der Waals surface area contributed by atoms with Gasteiger partial charge in [-0.3, -0.25) is 0 Å². The second kappa shape index (κ2) is 5.80. The van der Waals surface area contributed by atoms with Gasteiger partial charge in [-0.1, -0.05) is 6.07 Å². The molecule has 0 heterocycles. The van der Waals surface area contributed by atoms with Gasteiger partial charge in [-0.2, -0.15) is 0 Å². The summed E-state index contributed by atoms with van der Waals surface area (Å²) >= 11 is 6.43. The SMILES string of the molecule is COc1ccc(C(Cl)c2c(C)cc(F)cc2C)cc1F. The molecule has 0 spiro atoms. The molecule has 2 rings (SSSR count). The summed E-state index contributed by atoms with van der Waals surface area (Å²) in [4.78, 5) is 0. The fraction of sp³-hybridized carbons (Fsp3) is 0.250. The molecule has 0 aliphatic carbocycles. The van der Waals surface area contributed by atoms with Crippen LogP contribution in [0.4, 0.5) is 8.78 Å². The van der Waals surface area contributed by atoms with E-state index in [2.05, 4.69) is 0 Å². The van der Waals surface area contributed by atoms with Crippen LogP contribution < -0.4 is 4.74 Å². The van der Waals surface area contributed by atoms with E-state index in [1.807, 2.05) is 0 Å². The van der Waals surface area contributed by atoms with E-state index in [-0.39, 0.29) is 11.6 Å². The van der Waals surface area contributed by atoms with Gasteiger partial charge in [0, 0.05) is 0 Å². The number of aryl methyl sites for hydroxylation is 2. The number of hydrogen-bond acceptors (Lipinski definition) is 1. The molecule has 0 fully saturated rings. The van der Waals surface area contributed by atoms with Gasteiger partial charge >= 0.3 is 0 Å². The molecule has 0 aliphatic rings. The van der Waals surface area contributed by atoms with Crippen LogP contribution in [-0.2, 0) is 0 Å². The molecule has 1 atom stereocenters. The maximum Gasteiger partial charge on any atom is 0.165 e. The summed E-state index contributed by atoms with van der Waals surface area (Å²) in [5.74, 6) is -0.591. The average Bonchev–Trinajstić information content (AvgIpc) is 2.37. The van der Waals surface area contributed by atoms with Crippen LogP contribution in [0, 0.1) is 25.5 Å². The summed E-state index contributed by atoms with van der Waals surface area (Å²) in [6.07, 6.45) is 0. The fourth-order valence-electron chi connectivity index (χ4n) is 2.33. The van der Waals surface area contributed by atoms with E-state index in [1.165, 1.54) is 31.4 Å². The van der Waals surface area contributed by atoms with Gasteiger partial charge in [0.05, 0.1) is 12.5 Å². The van der Waals surface area contributed by atoms with E-state index in [4.69, 9.17) is 16.3 Å². The van der Waals surface area contributed by atoms with Crippen LogP contribution >= 0.6 is 11.6 Å². The predicted molar refractivity (Wildman–Crippen MR) is 76.5 cm³/mol. The fourth-order valence-corrected chi connectivity index (χ4v) is 2.81. The van der Waals surface area contributed by atoms with Crippen molar-refractivity contribution in [2.45, 2.75) is 19.2 Å². The van der Waals surface area contributed by atoms with Crippen molar-refractivity contribution in [1.29, 1.82) is 0 Å². The van der Waals surface area contributed by atoms with Crippen molar-refractivity contribution in [3.63, 3.8) is 0 Å². The third-order valence-corrected chi connectivity index (χ3v) is 3.75. The van der Waals surface area contributed by atoms with E-state index >= 15 is 0 Å². The largest absolute Gasteiger partial charge is 0.494 e. The molecule has 4 heteroatoms. The first kappa shape index (κ1) is 14.8. The number of alkyl halides is 1. The minimum Gasteiger partial charge on any atom is -0.494 e. The van der Waals surface area contributed by atoms with Gasteiger partial charge in [-0.05, 0) is 60.4 Å². The summed E-state index contributed by atoms with van der Waals surface area (Å²) in [6.45, 7) is 3.58. The van der Waals surface area contributed by atoms with E-state index in [0.29, 0.717) is 5.56 Å². The first-order valence-corrected chi connectivity index (χ1v) is 6.62. The highest BCUT2D eigenvalue weighted by Gasteiger charge is 2.18. The lowest BCUT2D eigenvalue weighted by Gasteiger charge is -2.17. The molecular weight excluding hydrogens is 282 g/mol. The van der Waals surface area contributed by atoms with Gasteiger partial charge in [0.25, 0.3) is 0 Å². The molecule has 106 valence electrons. The zero-order valence-corrected chi connectivity index (χ0v) is 12.3. The summed E-state index contributed by atoms with van der Waals surface area (Å²) < 4.78 is 31.9. The Bertz CT molecular complexity index is 617. The van der Waals surface area contributed by atoms with Crippen LogP contribution in [0.25, 0.3) is 0 Å². The Labute approximate surface area is 122 Å². The molecule has 0 saturated carbocycles. The molecule has 0 radical (unpaired) electrons. The number of rotatable bonds is 3. The monoisotopic (exact) mass is 296 g/mol. The molecule has 0 amide bonds. The Morgan fingerprint density at radius 2 is 1.65 bits per heavy atom. The molecule has 2 aromatic carbocycles. The summed E-state index contributed by atoms with van der Waals surface area (Å²) in [5.41, 5.74) is 2.91. The maximum atomic E-state index is 13.7. The van der Waals surface area contributed by atoms with Crippen molar-refractivity contribution in [3.8, 4) is 5.75 Å². The highest BCUT2D eigenvalue weighted by atomic mass is 35.5. The first-order valence-electron chi connectivity index (χ1n) is 6.18. The highest BCUT2D eigenvalue weighted by molar-refractivity contribution is 6.22. The van der Waals surface area contributed by atoms with Gasteiger partial charge in [0.1, 0.15) is 5.82 Å². The Hall–Kier alpha value is -1.61. The molecule has 0 N–H and O–H groups in total. The van der Waals surface area contributed by atoms with E-state index in [9.17, 15) is 8.78 Å². The van der Waals surface area contributed by atoms with Gasteiger partial charge in [0.2, 0.25) is 0 Å². The smallest absolute Gasteiger partial charge is 0.165 e. The average molecular weight is 297 g/mol. The molecular formula is C16H15ClF2O. The second-order valence-corrected chi connectivity index (χ2v) is 5.15. The van der Waals surface area contributed by atoms with Gasteiger partial charge < -0.3 is 4.74 Å². The van der Waals surface area contributed by atoms with Crippen LogP contribution in [0.3, 0.4) is 0 Å².